The van der Waals surface area contributed by atoms with E-state index < -0.39 is 20.6 Å². The van der Waals surface area contributed by atoms with E-state index in [4.69, 9.17) is 6.13 Å². The molecule has 0 radical (unpaired) electrons. The average molecular weight is 562 g/mol. The van der Waals surface area contributed by atoms with Crippen molar-refractivity contribution in [2.75, 3.05) is 0 Å². The zero-order valence-electron chi connectivity index (χ0n) is 19.2. The molecule has 4 nitrogen and oxygen atoms in total. The second-order valence-corrected chi connectivity index (χ2v) is 15.6. The SMILES string of the molecule is O=C(OI(OC(=O)C1C2CC3CC(C2)CC1C3)c1ccccc1)C1C2CC3CC(C2)CC1C3. The first-order valence-electron chi connectivity index (χ1n) is 13.3. The van der Waals surface area contributed by atoms with E-state index in [1.165, 1.54) is 64.2 Å². The molecular formula is C28H35IO4. The normalized spacial score (nSPS) is 44.5. The predicted octanol–water partition coefficient (Wildman–Crippen LogP) is 6.42. The Morgan fingerprint density at radius 1 is 0.576 bits per heavy atom. The standard InChI is InChI=1S/C28H35IO4/c30-27(25-20-8-16-6-17(10-20)11-21(25)9-16)32-29(24-4-2-1-3-5-24)33-28(31)26-22-12-18-7-19(14-22)15-23(26)13-18/h1-5,16-23,25-26H,6-15H2. The first-order valence-corrected chi connectivity index (χ1v) is 16.1. The number of rotatable bonds is 5. The van der Waals surface area contributed by atoms with Crippen LogP contribution in [0.2, 0.25) is 0 Å². The fourth-order valence-corrected chi connectivity index (χ4v) is 12.5. The molecule has 0 saturated heterocycles. The van der Waals surface area contributed by atoms with Gasteiger partial charge in [-0.3, -0.25) is 0 Å². The molecule has 0 aliphatic heterocycles. The van der Waals surface area contributed by atoms with Crippen molar-refractivity contribution in [2.24, 2.45) is 59.2 Å². The van der Waals surface area contributed by atoms with E-state index >= 15 is 0 Å². The van der Waals surface area contributed by atoms with Crippen molar-refractivity contribution in [1.29, 1.82) is 0 Å². The minimum absolute atomic E-state index is 0.0289. The molecule has 8 aliphatic carbocycles. The van der Waals surface area contributed by atoms with Gasteiger partial charge in [0.15, 0.2) is 0 Å². The van der Waals surface area contributed by atoms with Crippen molar-refractivity contribution < 1.29 is 15.7 Å². The summed E-state index contributed by atoms with van der Waals surface area (Å²) in [6, 6.07) is 9.87. The van der Waals surface area contributed by atoms with Gasteiger partial charge in [0.05, 0.1) is 0 Å². The van der Waals surface area contributed by atoms with Crippen LogP contribution in [0.25, 0.3) is 0 Å². The number of benzene rings is 1. The zero-order chi connectivity index (χ0) is 22.1. The van der Waals surface area contributed by atoms with Crippen LogP contribution in [0.3, 0.4) is 0 Å². The van der Waals surface area contributed by atoms with Crippen LogP contribution >= 0.6 is 20.6 Å². The molecule has 0 amide bonds. The summed E-state index contributed by atoms with van der Waals surface area (Å²) in [4.78, 5) is 27.1. The van der Waals surface area contributed by atoms with Gasteiger partial charge in [-0.25, -0.2) is 0 Å². The zero-order valence-corrected chi connectivity index (χ0v) is 21.4. The minimum atomic E-state index is -2.86. The number of carbonyl (C=O) groups is 2. The van der Waals surface area contributed by atoms with Gasteiger partial charge >= 0.3 is 206 Å². The van der Waals surface area contributed by atoms with E-state index in [0.717, 1.165) is 27.2 Å². The number of carbonyl (C=O) groups excluding carboxylic acids is 2. The van der Waals surface area contributed by atoms with E-state index in [0.29, 0.717) is 23.7 Å². The van der Waals surface area contributed by atoms with Gasteiger partial charge in [0.25, 0.3) is 0 Å². The fourth-order valence-electron chi connectivity index (χ4n) is 9.48. The molecule has 178 valence electrons. The van der Waals surface area contributed by atoms with E-state index in [1.54, 1.807) is 0 Å². The molecule has 0 atom stereocenters. The van der Waals surface area contributed by atoms with E-state index in [9.17, 15) is 9.59 Å². The molecule has 1 aromatic rings. The first kappa shape index (κ1) is 21.2. The van der Waals surface area contributed by atoms with Crippen LogP contribution in [0.4, 0.5) is 0 Å². The van der Waals surface area contributed by atoms with E-state index in [2.05, 4.69) is 0 Å². The van der Waals surface area contributed by atoms with Crippen LogP contribution in [-0.2, 0) is 15.7 Å². The molecule has 0 N–H and O–H groups in total. The molecular weight excluding hydrogens is 527 g/mol. The van der Waals surface area contributed by atoms with Crippen molar-refractivity contribution >= 4 is 32.6 Å². The first-order chi connectivity index (χ1) is 16.1. The summed E-state index contributed by atoms with van der Waals surface area (Å²) in [7, 11) is 0. The maximum atomic E-state index is 13.5. The summed E-state index contributed by atoms with van der Waals surface area (Å²) in [6.45, 7) is 0. The molecule has 33 heavy (non-hydrogen) atoms. The van der Waals surface area contributed by atoms with Crippen LogP contribution in [0.5, 0.6) is 0 Å². The molecule has 8 aliphatic rings. The molecule has 1 aromatic carbocycles. The summed E-state index contributed by atoms with van der Waals surface area (Å²) < 4.78 is 13.4. The third-order valence-electron chi connectivity index (χ3n) is 10.2. The Balaban J connectivity index is 1.10. The van der Waals surface area contributed by atoms with E-state index in [-0.39, 0.29) is 23.8 Å². The Morgan fingerprint density at radius 2 is 0.939 bits per heavy atom. The molecule has 8 fully saturated rings. The van der Waals surface area contributed by atoms with Crippen molar-refractivity contribution in [3.63, 3.8) is 0 Å². The summed E-state index contributed by atoms with van der Waals surface area (Å²) in [6.07, 6.45) is 12.3. The number of halogens is 1. The van der Waals surface area contributed by atoms with E-state index in [1.807, 2.05) is 30.3 Å². The molecule has 0 aromatic heterocycles. The summed E-state index contributed by atoms with van der Waals surface area (Å²) in [5.41, 5.74) is 0. The van der Waals surface area contributed by atoms with Crippen molar-refractivity contribution in [1.82, 2.24) is 0 Å². The monoisotopic (exact) mass is 562 g/mol. The molecule has 0 unspecified atom stereocenters. The molecule has 0 spiro atoms. The molecule has 0 heterocycles. The van der Waals surface area contributed by atoms with Gasteiger partial charge in [0.2, 0.25) is 0 Å². The van der Waals surface area contributed by atoms with Gasteiger partial charge in [-0.1, -0.05) is 0 Å². The van der Waals surface area contributed by atoms with Gasteiger partial charge in [0.1, 0.15) is 0 Å². The molecule has 9 rings (SSSR count). The Labute approximate surface area is 205 Å². The van der Waals surface area contributed by atoms with Crippen LogP contribution < -0.4 is 0 Å². The second kappa shape index (κ2) is 8.23. The Morgan fingerprint density at radius 3 is 1.30 bits per heavy atom. The van der Waals surface area contributed by atoms with Crippen molar-refractivity contribution in [3.05, 3.63) is 33.9 Å². The van der Waals surface area contributed by atoms with Gasteiger partial charge in [-0.2, -0.15) is 0 Å². The summed E-state index contributed by atoms with van der Waals surface area (Å²) >= 11 is -2.86. The van der Waals surface area contributed by atoms with Crippen LogP contribution in [0.1, 0.15) is 64.2 Å². The third kappa shape index (κ3) is 3.75. The van der Waals surface area contributed by atoms with Crippen molar-refractivity contribution in [3.8, 4) is 0 Å². The summed E-state index contributed by atoms with van der Waals surface area (Å²) in [5.74, 6) is 5.21. The Bertz CT molecular complexity index is 817. The second-order valence-electron chi connectivity index (χ2n) is 12.2. The fraction of sp³-hybridized carbons (Fsp3) is 0.714. The topological polar surface area (TPSA) is 52.6 Å². The molecule has 8 bridgehead atoms. The van der Waals surface area contributed by atoms with Crippen LogP contribution in [-0.4, -0.2) is 11.9 Å². The Hall–Kier alpha value is -1.11. The van der Waals surface area contributed by atoms with Crippen LogP contribution in [0.15, 0.2) is 30.3 Å². The Kier molecular flexibility index (Phi) is 5.29. The average Bonchev–Trinajstić information content (AvgIpc) is 2.78. The number of hydrogen-bond acceptors (Lipinski definition) is 4. The predicted molar refractivity (Wildman–Crippen MR) is 132 cm³/mol. The third-order valence-corrected chi connectivity index (χ3v) is 13.6. The van der Waals surface area contributed by atoms with Crippen molar-refractivity contribution in [2.45, 2.75) is 64.2 Å². The summed E-state index contributed by atoms with van der Waals surface area (Å²) in [5, 5.41) is 0. The van der Waals surface area contributed by atoms with Gasteiger partial charge in [0, 0.05) is 0 Å². The van der Waals surface area contributed by atoms with Crippen LogP contribution in [0, 0.1) is 62.7 Å². The van der Waals surface area contributed by atoms with Gasteiger partial charge in [-0.05, 0) is 0 Å². The molecule has 8 saturated carbocycles. The number of hydrogen-bond donors (Lipinski definition) is 0. The maximum absolute atomic E-state index is 13.5. The quantitative estimate of drug-likeness (QED) is 0.389. The molecule has 5 heteroatoms. The van der Waals surface area contributed by atoms with Gasteiger partial charge < -0.3 is 0 Å². The van der Waals surface area contributed by atoms with Gasteiger partial charge in [-0.15, -0.1) is 0 Å².